The molecule has 2 aliphatic rings. The van der Waals surface area contributed by atoms with Crippen LogP contribution in [-0.2, 0) is 17.7 Å². The highest BCUT2D eigenvalue weighted by molar-refractivity contribution is 14.0. The second kappa shape index (κ2) is 11.8. The fourth-order valence-electron chi connectivity index (χ4n) is 3.85. The summed E-state index contributed by atoms with van der Waals surface area (Å²) >= 11 is 0. The van der Waals surface area contributed by atoms with E-state index in [1.807, 2.05) is 11.6 Å². The zero-order chi connectivity index (χ0) is 18.2. The Bertz CT molecular complexity index is 583. The lowest BCUT2D eigenvalue weighted by Gasteiger charge is -2.25. The quantitative estimate of drug-likeness (QED) is 0.211. The van der Waals surface area contributed by atoms with Crippen LogP contribution in [0.1, 0.15) is 63.5 Å². The number of hydrogen-bond acceptors (Lipinski definition) is 4. The molecule has 154 valence electrons. The molecule has 1 aliphatic carbocycles. The number of rotatable bonds is 6. The molecule has 1 aliphatic heterocycles. The second-order valence-corrected chi connectivity index (χ2v) is 7.38. The van der Waals surface area contributed by atoms with Crippen LogP contribution in [0.25, 0.3) is 0 Å². The molecule has 0 saturated heterocycles. The van der Waals surface area contributed by atoms with Crippen LogP contribution in [0.15, 0.2) is 4.99 Å². The van der Waals surface area contributed by atoms with Gasteiger partial charge in [0.2, 0.25) is 0 Å². The predicted octanol–water partition coefficient (Wildman–Crippen LogP) is 2.81. The van der Waals surface area contributed by atoms with Crippen molar-refractivity contribution in [1.29, 1.82) is 0 Å². The minimum atomic E-state index is 0. The molecule has 1 aromatic heterocycles. The zero-order valence-corrected chi connectivity index (χ0v) is 19.1. The van der Waals surface area contributed by atoms with Gasteiger partial charge in [0.1, 0.15) is 11.6 Å². The van der Waals surface area contributed by atoms with E-state index in [9.17, 15) is 0 Å². The third-order valence-electron chi connectivity index (χ3n) is 5.17. The van der Waals surface area contributed by atoms with Crippen molar-refractivity contribution in [3.63, 3.8) is 0 Å². The molecule has 8 heteroatoms. The molecule has 1 aromatic rings. The standard InChI is InChI=1S/C19H34N6O.HI/c1-3-20-19(21-12-13-26-17-8-6-4-5-7-9-17)23-16-10-11-18-22-15(2)24-25(18)14-16;/h16-17H,3-14H2,1-2H3,(H2,20,21,23);1H. The maximum Gasteiger partial charge on any atom is 0.191 e. The van der Waals surface area contributed by atoms with E-state index in [4.69, 9.17) is 9.73 Å². The molecule has 1 fully saturated rings. The number of nitrogens with zero attached hydrogens (tertiary/aromatic N) is 4. The van der Waals surface area contributed by atoms with Gasteiger partial charge < -0.3 is 15.4 Å². The number of halogens is 1. The molecule has 2 N–H and O–H groups in total. The van der Waals surface area contributed by atoms with Gasteiger partial charge in [-0.2, -0.15) is 5.10 Å². The van der Waals surface area contributed by atoms with Crippen molar-refractivity contribution in [3.05, 3.63) is 11.6 Å². The molecule has 0 aromatic carbocycles. The lowest BCUT2D eigenvalue weighted by Crippen LogP contribution is -2.47. The number of guanidine groups is 1. The van der Waals surface area contributed by atoms with Crippen molar-refractivity contribution in [2.75, 3.05) is 19.7 Å². The van der Waals surface area contributed by atoms with Crippen molar-refractivity contribution < 1.29 is 4.74 Å². The molecule has 1 unspecified atom stereocenters. The van der Waals surface area contributed by atoms with Gasteiger partial charge in [0.15, 0.2) is 5.96 Å². The summed E-state index contributed by atoms with van der Waals surface area (Å²) in [5.74, 6) is 2.83. The molecule has 0 radical (unpaired) electrons. The van der Waals surface area contributed by atoms with Gasteiger partial charge in [-0.05, 0) is 33.1 Å². The minimum Gasteiger partial charge on any atom is -0.376 e. The van der Waals surface area contributed by atoms with E-state index in [2.05, 4.69) is 27.6 Å². The Morgan fingerprint density at radius 3 is 2.74 bits per heavy atom. The molecule has 0 amide bonds. The molecular formula is C19H35IN6O. The second-order valence-electron chi connectivity index (χ2n) is 7.38. The van der Waals surface area contributed by atoms with Crippen LogP contribution in [0.4, 0.5) is 0 Å². The molecule has 2 heterocycles. The van der Waals surface area contributed by atoms with E-state index in [1.165, 1.54) is 38.5 Å². The molecule has 27 heavy (non-hydrogen) atoms. The monoisotopic (exact) mass is 490 g/mol. The lowest BCUT2D eigenvalue weighted by atomic mass is 10.1. The first-order valence-electron chi connectivity index (χ1n) is 10.3. The number of hydrogen-bond donors (Lipinski definition) is 2. The smallest absolute Gasteiger partial charge is 0.191 e. The third kappa shape index (κ3) is 7.21. The fourth-order valence-corrected chi connectivity index (χ4v) is 3.85. The van der Waals surface area contributed by atoms with Gasteiger partial charge in [-0.15, -0.1) is 24.0 Å². The summed E-state index contributed by atoms with van der Waals surface area (Å²) in [5.41, 5.74) is 0. The largest absolute Gasteiger partial charge is 0.376 e. The number of aliphatic imine (C=N–C) groups is 1. The average molecular weight is 490 g/mol. The predicted molar refractivity (Wildman–Crippen MR) is 119 cm³/mol. The molecule has 0 bridgehead atoms. The molecular weight excluding hydrogens is 455 g/mol. The van der Waals surface area contributed by atoms with Crippen LogP contribution in [0.2, 0.25) is 0 Å². The van der Waals surface area contributed by atoms with E-state index in [0.717, 1.165) is 43.5 Å². The van der Waals surface area contributed by atoms with Gasteiger partial charge in [-0.1, -0.05) is 25.7 Å². The van der Waals surface area contributed by atoms with E-state index in [0.29, 0.717) is 25.3 Å². The zero-order valence-electron chi connectivity index (χ0n) is 16.7. The van der Waals surface area contributed by atoms with Crippen molar-refractivity contribution in [2.24, 2.45) is 4.99 Å². The first-order valence-corrected chi connectivity index (χ1v) is 10.3. The summed E-state index contributed by atoms with van der Waals surface area (Å²) in [5, 5.41) is 11.4. The Balaban J connectivity index is 0.00000261. The van der Waals surface area contributed by atoms with Crippen LogP contribution in [0, 0.1) is 6.92 Å². The van der Waals surface area contributed by atoms with E-state index in [1.54, 1.807) is 0 Å². The van der Waals surface area contributed by atoms with Crippen molar-refractivity contribution >= 4 is 29.9 Å². The summed E-state index contributed by atoms with van der Waals surface area (Å²) < 4.78 is 8.07. The van der Waals surface area contributed by atoms with Gasteiger partial charge in [-0.3, -0.25) is 4.99 Å². The lowest BCUT2D eigenvalue weighted by molar-refractivity contribution is 0.0487. The van der Waals surface area contributed by atoms with Crippen LogP contribution < -0.4 is 10.6 Å². The van der Waals surface area contributed by atoms with E-state index >= 15 is 0 Å². The topological polar surface area (TPSA) is 76.4 Å². The summed E-state index contributed by atoms with van der Waals surface area (Å²) in [4.78, 5) is 9.18. The van der Waals surface area contributed by atoms with Crippen molar-refractivity contribution in [3.8, 4) is 0 Å². The molecule has 7 nitrogen and oxygen atoms in total. The number of ether oxygens (including phenoxy) is 1. The Hall–Kier alpha value is -0.900. The van der Waals surface area contributed by atoms with Gasteiger partial charge in [0.05, 0.1) is 25.8 Å². The maximum atomic E-state index is 6.05. The maximum absolute atomic E-state index is 6.05. The minimum absolute atomic E-state index is 0. The van der Waals surface area contributed by atoms with Gasteiger partial charge >= 0.3 is 0 Å². The Morgan fingerprint density at radius 1 is 1.22 bits per heavy atom. The highest BCUT2D eigenvalue weighted by Gasteiger charge is 2.21. The molecule has 0 spiro atoms. The summed E-state index contributed by atoms with van der Waals surface area (Å²) in [6.45, 7) is 7.16. The van der Waals surface area contributed by atoms with Crippen molar-refractivity contribution in [2.45, 2.75) is 83.9 Å². The van der Waals surface area contributed by atoms with Crippen LogP contribution in [0.5, 0.6) is 0 Å². The highest BCUT2D eigenvalue weighted by atomic mass is 127. The van der Waals surface area contributed by atoms with Crippen LogP contribution in [-0.4, -0.2) is 52.6 Å². The Kier molecular flexibility index (Phi) is 9.81. The van der Waals surface area contributed by atoms with Crippen molar-refractivity contribution in [1.82, 2.24) is 25.4 Å². The number of fused-ring (bicyclic) bond motifs is 1. The third-order valence-corrected chi connectivity index (χ3v) is 5.17. The van der Waals surface area contributed by atoms with E-state index in [-0.39, 0.29) is 24.0 Å². The van der Waals surface area contributed by atoms with Gasteiger partial charge in [0.25, 0.3) is 0 Å². The number of aromatic nitrogens is 3. The summed E-state index contributed by atoms with van der Waals surface area (Å²) in [6, 6.07) is 0.337. The molecule has 1 atom stereocenters. The average Bonchev–Trinajstić information content (AvgIpc) is 2.81. The Morgan fingerprint density at radius 2 is 2.00 bits per heavy atom. The molecule has 1 saturated carbocycles. The Labute approximate surface area is 180 Å². The fraction of sp³-hybridized carbons (Fsp3) is 0.842. The van der Waals surface area contributed by atoms with E-state index < -0.39 is 0 Å². The summed E-state index contributed by atoms with van der Waals surface area (Å²) in [7, 11) is 0. The van der Waals surface area contributed by atoms with Crippen LogP contribution in [0.3, 0.4) is 0 Å². The molecule has 3 rings (SSSR count). The van der Waals surface area contributed by atoms with Gasteiger partial charge in [-0.25, -0.2) is 9.67 Å². The number of nitrogens with one attached hydrogen (secondary N) is 2. The normalized spacial score (nSPS) is 21.1. The SMILES string of the molecule is CCNC(=NCCOC1CCCCCC1)NC1CCc2nc(C)nn2C1.I. The number of aryl methyl sites for hydroxylation is 2. The van der Waals surface area contributed by atoms with Crippen LogP contribution >= 0.6 is 24.0 Å². The highest BCUT2D eigenvalue weighted by Crippen LogP contribution is 2.19. The summed E-state index contributed by atoms with van der Waals surface area (Å²) in [6.07, 6.45) is 10.2. The first kappa shape index (κ1) is 22.4. The first-order chi connectivity index (χ1) is 12.7. The van der Waals surface area contributed by atoms with Gasteiger partial charge in [0, 0.05) is 19.0 Å².